The molecule has 0 saturated carbocycles. The van der Waals surface area contributed by atoms with Gasteiger partial charge in [0.05, 0.1) is 23.9 Å². The Morgan fingerprint density at radius 3 is 3.18 bits per heavy atom. The second-order valence-corrected chi connectivity index (χ2v) is 4.86. The Labute approximate surface area is 109 Å². The lowest BCUT2D eigenvalue weighted by Crippen LogP contribution is -2.31. The third kappa shape index (κ3) is 3.07. The molecule has 2 rings (SSSR count). The summed E-state index contributed by atoms with van der Waals surface area (Å²) in [5.74, 6) is 1.26. The topological polar surface area (TPSA) is 47.5 Å². The standard InChI is InChI=1S/C11H16BrN3O2/c1-8-7-15(4-3-5-17-8)11-13-6-9(12)10(14-11)16-2/h6,8H,3-5,7H2,1-2H3. The van der Waals surface area contributed by atoms with Crippen molar-refractivity contribution < 1.29 is 9.47 Å². The van der Waals surface area contributed by atoms with Gasteiger partial charge in [0.25, 0.3) is 0 Å². The van der Waals surface area contributed by atoms with Gasteiger partial charge >= 0.3 is 0 Å². The highest BCUT2D eigenvalue weighted by atomic mass is 79.9. The molecule has 1 aromatic rings. The number of nitrogens with zero attached hydrogens (tertiary/aromatic N) is 3. The number of anilines is 1. The maximum atomic E-state index is 5.60. The molecule has 94 valence electrons. The molecule has 0 aromatic carbocycles. The summed E-state index contributed by atoms with van der Waals surface area (Å²) in [6.45, 7) is 4.58. The van der Waals surface area contributed by atoms with Crippen molar-refractivity contribution in [2.45, 2.75) is 19.4 Å². The Morgan fingerprint density at radius 1 is 1.59 bits per heavy atom. The number of ether oxygens (including phenoxy) is 2. The van der Waals surface area contributed by atoms with Crippen LogP contribution in [0.2, 0.25) is 0 Å². The number of rotatable bonds is 2. The van der Waals surface area contributed by atoms with E-state index in [9.17, 15) is 0 Å². The Bertz CT molecular complexity index is 389. The van der Waals surface area contributed by atoms with E-state index in [2.05, 4.69) is 37.7 Å². The van der Waals surface area contributed by atoms with Gasteiger partial charge in [-0.1, -0.05) is 0 Å². The molecule has 1 aliphatic heterocycles. The van der Waals surface area contributed by atoms with Crippen molar-refractivity contribution in [2.24, 2.45) is 0 Å². The van der Waals surface area contributed by atoms with Crippen molar-refractivity contribution in [3.63, 3.8) is 0 Å². The van der Waals surface area contributed by atoms with E-state index in [1.54, 1.807) is 13.3 Å². The molecule has 1 aromatic heterocycles. The van der Waals surface area contributed by atoms with Gasteiger partial charge in [-0.25, -0.2) is 4.98 Å². The monoisotopic (exact) mass is 301 g/mol. The van der Waals surface area contributed by atoms with Crippen LogP contribution in [0.3, 0.4) is 0 Å². The first-order valence-electron chi connectivity index (χ1n) is 5.64. The molecule has 1 fully saturated rings. The first-order chi connectivity index (χ1) is 8.20. The average molecular weight is 302 g/mol. The fraction of sp³-hybridized carbons (Fsp3) is 0.636. The molecule has 1 atom stereocenters. The lowest BCUT2D eigenvalue weighted by Gasteiger charge is -2.22. The van der Waals surface area contributed by atoms with Crippen molar-refractivity contribution in [2.75, 3.05) is 31.7 Å². The first kappa shape index (κ1) is 12.6. The summed E-state index contributed by atoms with van der Waals surface area (Å²) in [7, 11) is 1.60. The molecule has 0 amide bonds. The van der Waals surface area contributed by atoms with E-state index in [0.29, 0.717) is 11.8 Å². The van der Waals surface area contributed by atoms with Crippen LogP contribution in [0.5, 0.6) is 5.88 Å². The van der Waals surface area contributed by atoms with E-state index in [0.717, 1.165) is 30.6 Å². The molecule has 2 heterocycles. The third-order valence-corrected chi connectivity index (χ3v) is 3.17. The lowest BCUT2D eigenvalue weighted by molar-refractivity contribution is 0.0820. The molecule has 6 heteroatoms. The molecule has 1 aliphatic rings. The predicted octanol–water partition coefficient (Wildman–Crippen LogP) is 1.86. The Hall–Kier alpha value is -0.880. The Morgan fingerprint density at radius 2 is 2.41 bits per heavy atom. The van der Waals surface area contributed by atoms with Crippen molar-refractivity contribution in [3.05, 3.63) is 10.7 Å². The van der Waals surface area contributed by atoms with Crippen molar-refractivity contribution in [3.8, 4) is 5.88 Å². The van der Waals surface area contributed by atoms with Crippen LogP contribution in [0.4, 0.5) is 5.95 Å². The van der Waals surface area contributed by atoms with Crippen LogP contribution in [0.25, 0.3) is 0 Å². The maximum absolute atomic E-state index is 5.60. The van der Waals surface area contributed by atoms with Crippen LogP contribution in [-0.2, 0) is 4.74 Å². The summed E-state index contributed by atoms with van der Waals surface area (Å²) >= 11 is 3.35. The molecule has 1 saturated heterocycles. The Balaban J connectivity index is 2.20. The summed E-state index contributed by atoms with van der Waals surface area (Å²) in [5, 5.41) is 0. The summed E-state index contributed by atoms with van der Waals surface area (Å²) < 4.78 is 11.5. The van der Waals surface area contributed by atoms with Crippen LogP contribution in [0, 0.1) is 0 Å². The second-order valence-electron chi connectivity index (χ2n) is 4.01. The number of methoxy groups -OCH3 is 1. The fourth-order valence-electron chi connectivity index (χ4n) is 1.81. The molecular weight excluding hydrogens is 286 g/mol. The minimum atomic E-state index is 0.204. The zero-order chi connectivity index (χ0) is 12.3. The van der Waals surface area contributed by atoms with Crippen LogP contribution < -0.4 is 9.64 Å². The summed E-state index contributed by atoms with van der Waals surface area (Å²) in [6.07, 6.45) is 2.92. The van der Waals surface area contributed by atoms with Gasteiger partial charge in [0.15, 0.2) is 0 Å². The minimum Gasteiger partial charge on any atom is -0.480 e. The Kier molecular flexibility index (Phi) is 4.17. The first-order valence-corrected chi connectivity index (χ1v) is 6.43. The summed E-state index contributed by atoms with van der Waals surface area (Å²) in [4.78, 5) is 10.8. The quantitative estimate of drug-likeness (QED) is 0.834. The largest absolute Gasteiger partial charge is 0.480 e. The van der Waals surface area contributed by atoms with Gasteiger partial charge in [-0.2, -0.15) is 4.98 Å². The zero-order valence-corrected chi connectivity index (χ0v) is 11.6. The highest BCUT2D eigenvalue weighted by molar-refractivity contribution is 9.10. The molecule has 0 spiro atoms. The van der Waals surface area contributed by atoms with Crippen LogP contribution >= 0.6 is 15.9 Å². The smallest absolute Gasteiger partial charge is 0.232 e. The normalized spacial score (nSPS) is 21.1. The van der Waals surface area contributed by atoms with Gasteiger partial charge in [0.2, 0.25) is 11.8 Å². The molecule has 5 nitrogen and oxygen atoms in total. The van der Waals surface area contributed by atoms with E-state index in [1.165, 1.54) is 0 Å². The SMILES string of the molecule is COc1nc(N2CCCOC(C)C2)ncc1Br. The summed E-state index contributed by atoms with van der Waals surface area (Å²) in [5.41, 5.74) is 0. The fourth-order valence-corrected chi connectivity index (χ4v) is 2.17. The maximum Gasteiger partial charge on any atom is 0.232 e. The van der Waals surface area contributed by atoms with Crippen molar-refractivity contribution in [1.82, 2.24) is 9.97 Å². The predicted molar refractivity (Wildman–Crippen MR) is 68.5 cm³/mol. The minimum absolute atomic E-state index is 0.204. The highest BCUT2D eigenvalue weighted by Crippen LogP contribution is 2.24. The molecule has 0 bridgehead atoms. The van der Waals surface area contributed by atoms with Gasteiger partial charge in [-0.3, -0.25) is 0 Å². The average Bonchev–Trinajstić information content (AvgIpc) is 2.54. The van der Waals surface area contributed by atoms with E-state index in [4.69, 9.17) is 9.47 Å². The van der Waals surface area contributed by atoms with E-state index >= 15 is 0 Å². The van der Waals surface area contributed by atoms with Crippen LogP contribution in [0.1, 0.15) is 13.3 Å². The number of hydrogen-bond acceptors (Lipinski definition) is 5. The molecule has 0 N–H and O–H groups in total. The van der Waals surface area contributed by atoms with Gasteiger partial charge in [-0.15, -0.1) is 0 Å². The van der Waals surface area contributed by atoms with Gasteiger partial charge in [-0.05, 0) is 29.3 Å². The van der Waals surface area contributed by atoms with Gasteiger partial charge < -0.3 is 14.4 Å². The number of halogens is 1. The van der Waals surface area contributed by atoms with Crippen molar-refractivity contribution in [1.29, 1.82) is 0 Å². The van der Waals surface area contributed by atoms with Crippen LogP contribution in [0.15, 0.2) is 10.7 Å². The third-order valence-electron chi connectivity index (χ3n) is 2.63. The van der Waals surface area contributed by atoms with E-state index in [-0.39, 0.29) is 6.10 Å². The number of aromatic nitrogens is 2. The van der Waals surface area contributed by atoms with Gasteiger partial charge in [0, 0.05) is 19.7 Å². The molecule has 0 radical (unpaired) electrons. The number of hydrogen-bond donors (Lipinski definition) is 0. The molecule has 17 heavy (non-hydrogen) atoms. The summed E-state index contributed by atoms with van der Waals surface area (Å²) in [6, 6.07) is 0. The molecule has 1 unspecified atom stereocenters. The van der Waals surface area contributed by atoms with Crippen molar-refractivity contribution >= 4 is 21.9 Å². The lowest BCUT2D eigenvalue weighted by atomic mass is 10.3. The molecular formula is C11H16BrN3O2. The zero-order valence-electron chi connectivity index (χ0n) is 10.0. The van der Waals surface area contributed by atoms with E-state index in [1.807, 2.05) is 0 Å². The van der Waals surface area contributed by atoms with Gasteiger partial charge in [0.1, 0.15) is 0 Å². The van der Waals surface area contributed by atoms with Crippen LogP contribution in [-0.4, -0.2) is 42.9 Å². The second kappa shape index (κ2) is 5.64. The molecule has 0 aliphatic carbocycles. The highest BCUT2D eigenvalue weighted by Gasteiger charge is 2.18. The van der Waals surface area contributed by atoms with E-state index < -0.39 is 0 Å².